The zero-order valence-electron chi connectivity index (χ0n) is 17.4. The first-order valence-electron chi connectivity index (χ1n) is 9.67. The van der Waals surface area contributed by atoms with Crippen LogP contribution >= 0.6 is 23.6 Å². The summed E-state index contributed by atoms with van der Waals surface area (Å²) in [6, 6.07) is 7.82. The molecule has 0 saturated heterocycles. The number of aromatic amines is 1. The van der Waals surface area contributed by atoms with Crippen molar-refractivity contribution in [3.05, 3.63) is 50.6 Å². The van der Waals surface area contributed by atoms with Crippen LogP contribution in [0.1, 0.15) is 40.2 Å². The summed E-state index contributed by atoms with van der Waals surface area (Å²) in [4.78, 5) is 26.3. The quantitative estimate of drug-likeness (QED) is 0.409. The van der Waals surface area contributed by atoms with Crippen molar-refractivity contribution in [2.24, 2.45) is 0 Å². The van der Waals surface area contributed by atoms with Crippen LogP contribution in [-0.2, 0) is 22.5 Å². The van der Waals surface area contributed by atoms with E-state index in [0.29, 0.717) is 27.6 Å². The minimum Gasteiger partial charge on any atom is -0.462 e. The van der Waals surface area contributed by atoms with E-state index in [1.807, 2.05) is 45.0 Å². The molecule has 0 bridgehead atoms. The van der Waals surface area contributed by atoms with Gasteiger partial charge >= 0.3 is 5.97 Å². The Balaban J connectivity index is 1.88. The molecule has 2 aromatic heterocycles. The molecule has 2 N–H and O–H groups in total. The predicted molar refractivity (Wildman–Crippen MR) is 121 cm³/mol. The minimum atomic E-state index is -0.422. The summed E-state index contributed by atoms with van der Waals surface area (Å²) < 4.78 is 7.19. The molecular formula is C21H24N4O3S2. The van der Waals surface area contributed by atoms with E-state index in [0.717, 1.165) is 21.6 Å². The van der Waals surface area contributed by atoms with Gasteiger partial charge in [-0.25, -0.2) is 4.79 Å². The number of nitrogens with zero attached hydrogens (tertiary/aromatic N) is 2. The van der Waals surface area contributed by atoms with Crippen LogP contribution in [0.3, 0.4) is 0 Å². The van der Waals surface area contributed by atoms with E-state index in [9.17, 15) is 9.59 Å². The van der Waals surface area contributed by atoms with Gasteiger partial charge in [-0.05, 0) is 51.0 Å². The summed E-state index contributed by atoms with van der Waals surface area (Å²) in [5.41, 5.74) is 3.28. The number of aromatic nitrogens is 3. The molecule has 0 spiro atoms. The second kappa shape index (κ2) is 9.36. The Labute approximate surface area is 184 Å². The Bertz CT molecular complexity index is 1140. The number of anilines is 1. The number of rotatable bonds is 7. The average Bonchev–Trinajstić information content (AvgIpc) is 3.21. The van der Waals surface area contributed by atoms with Crippen LogP contribution in [0.4, 0.5) is 5.00 Å². The van der Waals surface area contributed by atoms with Crippen molar-refractivity contribution in [1.82, 2.24) is 14.8 Å². The van der Waals surface area contributed by atoms with Gasteiger partial charge in [-0.1, -0.05) is 30.7 Å². The molecule has 158 valence electrons. The number of carbonyl (C=O) groups is 2. The topological polar surface area (TPSA) is 89.0 Å². The fourth-order valence-electron chi connectivity index (χ4n) is 3.29. The molecule has 7 nitrogen and oxygen atoms in total. The lowest BCUT2D eigenvalue weighted by atomic mass is 10.1. The van der Waals surface area contributed by atoms with Crippen LogP contribution in [0, 0.1) is 18.6 Å². The fourth-order valence-corrected chi connectivity index (χ4v) is 4.64. The van der Waals surface area contributed by atoms with Gasteiger partial charge in [-0.3, -0.25) is 14.5 Å². The summed E-state index contributed by atoms with van der Waals surface area (Å²) in [6.07, 6.45) is 0.677. The summed E-state index contributed by atoms with van der Waals surface area (Å²) >= 11 is 6.70. The Morgan fingerprint density at radius 3 is 2.73 bits per heavy atom. The van der Waals surface area contributed by atoms with E-state index in [-0.39, 0.29) is 19.1 Å². The lowest BCUT2D eigenvalue weighted by Gasteiger charge is -2.10. The molecule has 1 aromatic carbocycles. The highest BCUT2D eigenvalue weighted by Gasteiger charge is 2.24. The van der Waals surface area contributed by atoms with Crippen LogP contribution in [0.15, 0.2) is 24.3 Å². The molecule has 3 aromatic rings. The number of nitrogens with one attached hydrogen (secondary N) is 2. The van der Waals surface area contributed by atoms with E-state index in [1.54, 1.807) is 11.5 Å². The van der Waals surface area contributed by atoms with Gasteiger partial charge in [0.1, 0.15) is 11.5 Å². The minimum absolute atomic E-state index is 0.0285. The first-order chi connectivity index (χ1) is 14.3. The van der Waals surface area contributed by atoms with Gasteiger partial charge in [0, 0.05) is 10.4 Å². The first-order valence-corrected chi connectivity index (χ1v) is 10.9. The molecule has 0 radical (unpaired) electrons. The summed E-state index contributed by atoms with van der Waals surface area (Å²) in [5.74, 6) is -0.133. The zero-order valence-corrected chi connectivity index (χ0v) is 19.0. The predicted octanol–water partition coefficient (Wildman–Crippen LogP) is 4.66. The fraction of sp³-hybridized carbons (Fsp3) is 0.333. The summed E-state index contributed by atoms with van der Waals surface area (Å²) in [6.45, 7) is 7.90. The number of hydrogen-bond acceptors (Lipinski definition) is 6. The van der Waals surface area contributed by atoms with Gasteiger partial charge in [0.2, 0.25) is 5.91 Å². The number of hydrogen-bond donors (Lipinski definition) is 2. The second-order valence-corrected chi connectivity index (χ2v) is 8.38. The van der Waals surface area contributed by atoms with Gasteiger partial charge < -0.3 is 10.1 Å². The van der Waals surface area contributed by atoms with Crippen molar-refractivity contribution >= 4 is 40.4 Å². The lowest BCUT2D eigenvalue weighted by molar-refractivity contribution is -0.116. The molecule has 9 heteroatoms. The highest BCUT2D eigenvalue weighted by atomic mass is 32.1. The maximum Gasteiger partial charge on any atom is 0.341 e. The molecule has 1 amide bonds. The number of H-pyrrole nitrogens is 1. The standard InChI is InChI=1S/C21H24N4O3S2/c1-5-15-13(4)30-19(17(15)20(27)28-6-2)22-16(26)11-25-18(23-24-21(25)29)14-9-7-8-12(3)10-14/h7-10H,5-6,11H2,1-4H3,(H,22,26)(H,24,29). The molecule has 0 aliphatic rings. The van der Waals surface area contributed by atoms with Crippen molar-refractivity contribution in [1.29, 1.82) is 0 Å². The van der Waals surface area contributed by atoms with E-state index in [1.165, 1.54) is 11.3 Å². The largest absolute Gasteiger partial charge is 0.462 e. The van der Waals surface area contributed by atoms with Crippen molar-refractivity contribution in [3.63, 3.8) is 0 Å². The van der Waals surface area contributed by atoms with Gasteiger partial charge in [0.25, 0.3) is 0 Å². The Morgan fingerprint density at radius 2 is 2.07 bits per heavy atom. The Kier molecular flexibility index (Phi) is 6.84. The number of carbonyl (C=O) groups excluding carboxylic acids is 2. The number of aryl methyl sites for hydroxylation is 2. The molecule has 3 rings (SSSR count). The third kappa shape index (κ3) is 4.52. The van der Waals surface area contributed by atoms with E-state index < -0.39 is 5.97 Å². The van der Waals surface area contributed by atoms with Gasteiger partial charge in [-0.15, -0.1) is 11.3 Å². The van der Waals surface area contributed by atoms with Crippen molar-refractivity contribution < 1.29 is 14.3 Å². The molecule has 0 aliphatic heterocycles. The number of ether oxygens (including phenoxy) is 1. The maximum atomic E-state index is 12.9. The third-order valence-corrected chi connectivity index (χ3v) is 6.01. The van der Waals surface area contributed by atoms with Crippen LogP contribution in [0.25, 0.3) is 11.4 Å². The highest BCUT2D eigenvalue weighted by Crippen LogP contribution is 2.34. The Hall–Kier alpha value is -2.78. The van der Waals surface area contributed by atoms with Gasteiger partial charge in [0.15, 0.2) is 10.6 Å². The molecule has 0 unspecified atom stereocenters. The molecular weight excluding hydrogens is 420 g/mol. The molecule has 0 saturated carbocycles. The smallest absolute Gasteiger partial charge is 0.341 e. The number of thiophene rings is 1. The summed E-state index contributed by atoms with van der Waals surface area (Å²) in [7, 11) is 0. The summed E-state index contributed by atoms with van der Waals surface area (Å²) in [5, 5.41) is 10.4. The maximum absolute atomic E-state index is 12.9. The number of esters is 1. The molecule has 30 heavy (non-hydrogen) atoms. The van der Waals surface area contributed by atoms with Crippen molar-refractivity contribution in [2.45, 2.75) is 40.7 Å². The number of amides is 1. The van der Waals surface area contributed by atoms with Crippen LogP contribution in [0.5, 0.6) is 0 Å². The molecule has 0 atom stereocenters. The monoisotopic (exact) mass is 444 g/mol. The molecule has 0 aliphatic carbocycles. The molecule has 0 fully saturated rings. The second-order valence-electron chi connectivity index (χ2n) is 6.77. The molecule has 2 heterocycles. The average molecular weight is 445 g/mol. The van der Waals surface area contributed by atoms with Gasteiger partial charge in [0.05, 0.1) is 12.2 Å². The van der Waals surface area contributed by atoms with E-state index in [2.05, 4.69) is 15.5 Å². The first kappa shape index (κ1) is 21.9. The van der Waals surface area contributed by atoms with Crippen LogP contribution in [-0.4, -0.2) is 33.2 Å². The number of benzene rings is 1. The zero-order chi connectivity index (χ0) is 21.8. The van der Waals surface area contributed by atoms with Crippen LogP contribution in [0.2, 0.25) is 0 Å². The van der Waals surface area contributed by atoms with E-state index in [4.69, 9.17) is 17.0 Å². The van der Waals surface area contributed by atoms with Crippen molar-refractivity contribution in [2.75, 3.05) is 11.9 Å². The lowest BCUT2D eigenvalue weighted by Crippen LogP contribution is -2.20. The SMILES string of the molecule is CCOC(=O)c1c(NC(=O)Cn2c(-c3cccc(C)c3)n[nH]c2=S)sc(C)c1CC. The van der Waals surface area contributed by atoms with Crippen molar-refractivity contribution in [3.8, 4) is 11.4 Å². The normalized spacial score (nSPS) is 10.8. The van der Waals surface area contributed by atoms with Crippen LogP contribution < -0.4 is 5.32 Å². The third-order valence-electron chi connectivity index (χ3n) is 4.63. The Morgan fingerprint density at radius 1 is 1.30 bits per heavy atom. The van der Waals surface area contributed by atoms with Gasteiger partial charge in [-0.2, -0.15) is 5.10 Å². The van der Waals surface area contributed by atoms with E-state index >= 15 is 0 Å². The highest BCUT2D eigenvalue weighted by molar-refractivity contribution is 7.71.